The van der Waals surface area contributed by atoms with E-state index in [2.05, 4.69) is 5.32 Å². The number of halogens is 3. The van der Waals surface area contributed by atoms with E-state index in [1.807, 2.05) is 19.0 Å². The summed E-state index contributed by atoms with van der Waals surface area (Å²) in [7, 11) is 2.61. The van der Waals surface area contributed by atoms with Crippen LogP contribution in [0.1, 0.15) is 11.1 Å². The second-order valence-electron chi connectivity index (χ2n) is 8.80. The predicted octanol–water partition coefficient (Wildman–Crippen LogP) is 4.57. The summed E-state index contributed by atoms with van der Waals surface area (Å²) in [4.78, 5) is 1.98. The number of methoxy groups -OCH3 is 2. The second kappa shape index (κ2) is 13.2. The van der Waals surface area contributed by atoms with Crippen LogP contribution in [0.2, 0.25) is 5.02 Å². The molecule has 0 saturated heterocycles. The summed E-state index contributed by atoms with van der Waals surface area (Å²) in [6.45, 7) is 1.79. The van der Waals surface area contributed by atoms with E-state index in [1.54, 1.807) is 12.1 Å². The fourth-order valence-corrected chi connectivity index (χ4v) is 5.63. The minimum absolute atomic E-state index is 0.0265. The van der Waals surface area contributed by atoms with Gasteiger partial charge in [0.1, 0.15) is 11.6 Å². The van der Waals surface area contributed by atoms with Crippen molar-refractivity contribution in [3.63, 3.8) is 0 Å². The first kappa shape index (κ1) is 29.6. The van der Waals surface area contributed by atoms with Crippen LogP contribution in [-0.4, -0.2) is 67.8 Å². The Kier molecular flexibility index (Phi) is 10.3. The average molecular weight is 568 g/mol. The fraction of sp³-hybridized carbons (Fsp3) is 0.333. The largest absolute Gasteiger partial charge is 0.493 e. The first-order valence-corrected chi connectivity index (χ1v) is 13.7. The Balaban J connectivity index is 2.08. The van der Waals surface area contributed by atoms with Crippen LogP contribution in [0.3, 0.4) is 0 Å². The molecule has 0 heterocycles. The van der Waals surface area contributed by atoms with Gasteiger partial charge < -0.3 is 19.7 Å². The number of sulfonamides is 1. The molecule has 206 valence electrons. The lowest BCUT2D eigenvalue weighted by molar-refractivity contribution is 0.354. The monoisotopic (exact) mass is 567 g/mol. The third-order valence-electron chi connectivity index (χ3n) is 5.91. The number of rotatable bonds is 13. The summed E-state index contributed by atoms with van der Waals surface area (Å²) < 4.78 is 68.9. The van der Waals surface area contributed by atoms with Crippen LogP contribution in [0, 0.1) is 11.6 Å². The van der Waals surface area contributed by atoms with E-state index < -0.39 is 21.7 Å². The van der Waals surface area contributed by atoms with Crippen LogP contribution in [0.25, 0.3) is 0 Å². The van der Waals surface area contributed by atoms with E-state index in [9.17, 15) is 17.2 Å². The van der Waals surface area contributed by atoms with Gasteiger partial charge in [0.25, 0.3) is 10.0 Å². The van der Waals surface area contributed by atoms with Crippen molar-refractivity contribution in [2.75, 3.05) is 58.8 Å². The fourth-order valence-electron chi connectivity index (χ4n) is 3.91. The van der Waals surface area contributed by atoms with Gasteiger partial charge in [-0.15, -0.1) is 0 Å². The highest BCUT2D eigenvalue weighted by molar-refractivity contribution is 7.92. The summed E-state index contributed by atoms with van der Waals surface area (Å²) in [5.74, 6) is -0.820. The molecule has 3 aromatic carbocycles. The van der Waals surface area contributed by atoms with Crippen molar-refractivity contribution in [3.05, 3.63) is 82.4 Å². The van der Waals surface area contributed by atoms with Gasteiger partial charge in [-0.2, -0.15) is 0 Å². The van der Waals surface area contributed by atoms with Crippen molar-refractivity contribution in [3.8, 4) is 11.5 Å². The Hall–Kier alpha value is -2.92. The van der Waals surface area contributed by atoms with Gasteiger partial charge in [0.05, 0.1) is 24.8 Å². The van der Waals surface area contributed by atoms with E-state index in [1.165, 1.54) is 48.9 Å². The maximum Gasteiger partial charge on any atom is 0.264 e. The van der Waals surface area contributed by atoms with Gasteiger partial charge in [0.15, 0.2) is 11.5 Å². The normalized spacial score (nSPS) is 11.6. The zero-order chi connectivity index (χ0) is 27.9. The number of ether oxygens (including phenoxy) is 2. The average Bonchev–Trinajstić information content (AvgIpc) is 2.88. The van der Waals surface area contributed by atoms with Gasteiger partial charge in [-0.25, -0.2) is 17.2 Å². The molecule has 0 unspecified atom stereocenters. The van der Waals surface area contributed by atoms with Gasteiger partial charge in [-0.05, 0) is 62.1 Å². The predicted molar refractivity (Wildman–Crippen MR) is 146 cm³/mol. The van der Waals surface area contributed by atoms with Gasteiger partial charge >= 0.3 is 0 Å². The quantitative estimate of drug-likeness (QED) is 0.305. The van der Waals surface area contributed by atoms with E-state index in [4.69, 9.17) is 21.1 Å². The van der Waals surface area contributed by atoms with Crippen molar-refractivity contribution in [1.82, 2.24) is 10.2 Å². The zero-order valence-corrected chi connectivity index (χ0v) is 23.4. The number of hydrogen-bond donors (Lipinski definition) is 1. The minimum Gasteiger partial charge on any atom is -0.493 e. The molecule has 3 aromatic rings. The molecule has 0 atom stereocenters. The molecule has 0 radical (unpaired) electrons. The van der Waals surface area contributed by atoms with Crippen molar-refractivity contribution in [2.45, 2.75) is 11.3 Å². The molecule has 0 saturated carbocycles. The van der Waals surface area contributed by atoms with E-state index in [0.717, 1.165) is 18.7 Å². The number of likely N-dealkylation sites (N-methyl/N-ethyl adjacent to an activating group) is 1. The lowest BCUT2D eigenvalue weighted by Crippen LogP contribution is -2.39. The molecule has 0 aliphatic carbocycles. The number of nitrogens with one attached hydrogen (secondary N) is 1. The zero-order valence-electron chi connectivity index (χ0n) is 21.8. The molecule has 0 aliphatic heterocycles. The van der Waals surface area contributed by atoms with Crippen LogP contribution in [0.4, 0.5) is 14.5 Å². The summed E-state index contributed by atoms with van der Waals surface area (Å²) in [5, 5.41) is 3.55. The van der Waals surface area contributed by atoms with Crippen molar-refractivity contribution < 1.29 is 26.7 Å². The van der Waals surface area contributed by atoms with Crippen LogP contribution in [0.15, 0.2) is 59.5 Å². The molecule has 0 amide bonds. The molecular formula is C27H32ClF2N3O4S. The molecule has 11 heteroatoms. The molecule has 3 rings (SSSR count). The SMILES string of the molecule is COc1ccc(S(=O)(=O)N(CCNCCN(C)C)c2ccc(Cl)cc2Cc2c(F)cccc2F)cc1OC. The van der Waals surface area contributed by atoms with Gasteiger partial charge in [-0.3, -0.25) is 4.31 Å². The molecule has 0 bridgehead atoms. The summed E-state index contributed by atoms with van der Waals surface area (Å²) in [5.41, 5.74) is 0.448. The number of hydrogen-bond acceptors (Lipinski definition) is 6. The molecule has 0 fully saturated rings. The third-order valence-corrected chi connectivity index (χ3v) is 7.95. The lowest BCUT2D eigenvalue weighted by atomic mass is 10.0. The Labute approximate surface area is 228 Å². The van der Waals surface area contributed by atoms with Gasteiger partial charge in [0, 0.05) is 49.3 Å². The highest BCUT2D eigenvalue weighted by Crippen LogP contribution is 2.35. The van der Waals surface area contributed by atoms with Crippen LogP contribution < -0.4 is 19.1 Å². The van der Waals surface area contributed by atoms with Gasteiger partial charge in [0.2, 0.25) is 0 Å². The first-order valence-electron chi connectivity index (χ1n) is 11.9. The Morgan fingerprint density at radius 1 is 0.895 bits per heavy atom. The van der Waals surface area contributed by atoms with E-state index in [0.29, 0.717) is 29.4 Å². The summed E-state index contributed by atoms with van der Waals surface area (Å²) in [6, 6.07) is 12.5. The highest BCUT2D eigenvalue weighted by Gasteiger charge is 2.28. The highest BCUT2D eigenvalue weighted by atomic mass is 35.5. The lowest BCUT2D eigenvalue weighted by Gasteiger charge is -2.28. The molecule has 0 aromatic heterocycles. The van der Waals surface area contributed by atoms with Gasteiger partial charge in [-0.1, -0.05) is 17.7 Å². The summed E-state index contributed by atoms with van der Waals surface area (Å²) in [6.07, 6.45) is -0.194. The maximum atomic E-state index is 14.5. The number of anilines is 1. The van der Waals surface area contributed by atoms with Crippen molar-refractivity contribution in [1.29, 1.82) is 0 Å². The van der Waals surface area contributed by atoms with E-state index in [-0.39, 0.29) is 34.9 Å². The standard InChI is InChI=1S/C27H32ClF2N3O4S/c1-32(2)14-12-31-13-15-33(38(34,35)21-9-11-26(36-3)27(18-21)37-4)25-10-8-20(28)16-19(25)17-22-23(29)6-5-7-24(22)30/h5-11,16,18,31H,12-15,17H2,1-4H3. The van der Waals surface area contributed by atoms with Crippen LogP contribution in [0.5, 0.6) is 11.5 Å². The first-order chi connectivity index (χ1) is 18.1. The third kappa shape index (κ3) is 7.13. The minimum atomic E-state index is -4.15. The molecule has 7 nitrogen and oxygen atoms in total. The molecular weight excluding hydrogens is 536 g/mol. The number of benzene rings is 3. The van der Waals surface area contributed by atoms with Crippen LogP contribution >= 0.6 is 11.6 Å². The number of nitrogens with zero attached hydrogens (tertiary/aromatic N) is 2. The van der Waals surface area contributed by atoms with Crippen molar-refractivity contribution >= 4 is 27.3 Å². The Morgan fingerprint density at radius 3 is 2.18 bits per heavy atom. The molecule has 1 N–H and O–H groups in total. The Morgan fingerprint density at radius 2 is 1.55 bits per heavy atom. The van der Waals surface area contributed by atoms with Crippen molar-refractivity contribution in [2.24, 2.45) is 0 Å². The van der Waals surface area contributed by atoms with Crippen LogP contribution in [-0.2, 0) is 16.4 Å². The second-order valence-corrected chi connectivity index (χ2v) is 11.1. The molecule has 0 spiro atoms. The molecule has 38 heavy (non-hydrogen) atoms. The van der Waals surface area contributed by atoms with E-state index >= 15 is 0 Å². The smallest absolute Gasteiger partial charge is 0.264 e. The maximum absolute atomic E-state index is 14.5. The Bertz CT molecular complexity index is 1340. The topological polar surface area (TPSA) is 71.1 Å². The summed E-state index contributed by atoms with van der Waals surface area (Å²) >= 11 is 6.24. The molecule has 0 aliphatic rings.